The van der Waals surface area contributed by atoms with Gasteiger partial charge in [0.05, 0.1) is 5.25 Å². The van der Waals surface area contributed by atoms with E-state index in [2.05, 4.69) is 25.3 Å². The van der Waals surface area contributed by atoms with E-state index in [-0.39, 0.29) is 10.9 Å². The van der Waals surface area contributed by atoms with Crippen LogP contribution in [-0.2, 0) is 0 Å². The van der Waals surface area contributed by atoms with Gasteiger partial charge in [0.1, 0.15) is 0 Å². The molecule has 108 valence electrons. The third-order valence-corrected chi connectivity index (χ3v) is 3.92. The minimum Gasteiger partial charge on any atom is -0.338 e. The molecule has 0 aliphatic rings. The Morgan fingerprint density at radius 1 is 1.33 bits per heavy atom. The van der Waals surface area contributed by atoms with Gasteiger partial charge in [-0.1, -0.05) is 41.2 Å². The van der Waals surface area contributed by atoms with Gasteiger partial charge in [-0.25, -0.2) is 9.89 Å². The van der Waals surface area contributed by atoms with Crippen molar-refractivity contribution in [1.82, 2.24) is 25.3 Å². The normalized spacial score (nSPS) is 12.5. The van der Waals surface area contributed by atoms with Crippen LogP contribution >= 0.6 is 11.8 Å². The van der Waals surface area contributed by atoms with Gasteiger partial charge < -0.3 is 4.52 Å². The Labute approximate surface area is 124 Å². The number of hydrogen-bond donors (Lipinski definition) is 2. The molecule has 8 heteroatoms. The van der Waals surface area contributed by atoms with Crippen LogP contribution in [0.1, 0.15) is 23.6 Å². The van der Waals surface area contributed by atoms with Crippen molar-refractivity contribution in [3.63, 3.8) is 0 Å². The van der Waals surface area contributed by atoms with Crippen LogP contribution in [-0.4, -0.2) is 25.3 Å². The molecule has 21 heavy (non-hydrogen) atoms. The van der Waals surface area contributed by atoms with Gasteiger partial charge in [-0.3, -0.25) is 4.98 Å². The Balaban J connectivity index is 1.81. The van der Waals surface area contributed by atoms with E-state index in [1.165, 1.54) is 11.8 Å². The van der Waals surface area contributed by atoms with Gasteiger partial charge in [0.15, 0.2) is 5.16 Å². The van der Waals surface area contributed by atoms with Crippen LogP contribution in [0, 0.1) is 6.92 Å². The highest BCUT2D eigenvalue weighted by Crippen LogP contribution is 2.32. The van der Waals surface area contributed by atoms with E-state index in [0.29, 0.717) is 16.9 Å². The topological polar surface area (TPSA) is 100 Å². The summed E-state index contributed by atoms with van der Waals surface area (Å²) in [5.74, 6) is 1.05. The molecular weight excluding hydrogens is 290 g/mol. The zero-order chi connectivity index (χ0) is 14.8. The van der Waals surface area contributed by atoms with E-state index in [1.54, 1.807) is 0 Å². The second kappa shape index (κ2) is 5.57. The molecule has 0 saturated carbocycles. The minimum atomic E-state index is -0.337. The molecule has 3 rings (SSSR count). The summed E-state index contributed by atoms with van der Waals surface area (Å²) in [6, 6.07) is 7.85. The molecule has 0 amide bonds. The second-order valence-electron chi connectivity index (χ2n) is 4.51. The third-order valence-electron chi connectivity index (χ3n) is 2.94. The summed E-state index contributed by atoms with van der Waals surface area (Å²) < 4.78 is 5.30. The molecule has 2 aromatic heterocycles. The zero-order valence-electron chi connectivity index (χ0n) is 11.5. The number of aryl methyl sites for hydroxylation is 1. The van der Waals surface area contributed by atoms with Crippen molar-refractivity contribution in [2.24, 2.45) is 0 Å². The molecule has 1 aromatic carbocycles. The highest BCUT2D eigenvalue weighted by molar-refractivity contribution is 7.99. The summed E-state index contributed by atoms with van der Waals surface area (Å²) in [7, 11) is 0. The lowest BCUT2D eigenvalue weighted by atomic mass is 10.1. The maximum absolute atomic E-state index is 11.0. The first-order valence-electron chi connectivity index (χ1n) is 6.34. The molecule has 0 radical (unpaired) electrons. The smallest absolute Gasteiger partial charge is 0.338 e. The molecule has 0 fully saturated rings. The molecule has 1 unspecified atom stereocenters. The number of benzene rings is 1. The molecular formula is C13H13N5O2S. The van der Waals surface area contributed by atoms with Gasteiger partial charge in [-0.15, -0.1) is 5.10 Å². The number of hydrogen-bond acceptors (Lipinski definition) is 6. The standard InChI is InChI=1S/C13H13N5O2S/c1-7-5-3-4-6-9(7)10-14-11(20-18-10)8(2)21-13-15-12(19)16-17-13/h3-6,8H,1-2H3,(H2,15,16,17,19). The number of rotatable bonds is 4. The summed E-state index contributed by atoms with van der Waals surface area (Å²) in [5.41, 5.74) is 1.69. The van der Waals surface area contributed by atoms with E-state index in [4.69, 9.17) is 4.52 Å². The van der Waals surface area contributed by atoms with Crippen molar-refractivity contribution >= 4 is 11.8 Å². The maximum Gasteiger partial charge on any atom is 0.341 e. The fourth-order valence-electron chi connectivity index (χ4n) is 1.86. The third kappa shape index (κ3) is 2.89. The summed E-state index contributed by atoms with van der Waals surface area (Å²) in [6.45, 7) is 3.91. The van der Waals surface area contributed by atoms with E-state index >= 15 is 0 Å². The first kappa shape index (κ1) is 13.6. The lowest BCUT2D eigenvalue weighted by Gasteiger charge is -2.01. The molecule has 0 aliphatic heterocycles. The van der Waals surface area contributed by atoms with Crippen LogP contribution in [0.3, 0.4) is 0 Å². The first-order valence-corrected chi connectivity index (χ1v) is 7.22. The molecule has 0 bridgehead atoms. The average molecular weight is 303 g/mol. The molecule has 0 saturated heterocycles. The number of aromatic nitrogens is 5. The monoisotopic (exact) mass is 303 g/mol. The van der Waals surface area contributed by atoms with Crippen molar-refractivity contribution in [2.45, 2.75) is 24.3 Å². The van der Waals surface area contributed by atoms with Crippen LogP contribution in [0.5, 0.6) is 0 Å². The molecule has 0 aliphatic carbocycles. The number of aromatic amines is 2. The van der Waals surface area contributed by atoms with Gasteiger partial charge in [0.25, 0.3) is 0 Å². The van der Waals surface area contributed by atoms with Crippen molar-refractivity contribution < 1.29 is 4.52 Å². The second-order valence-corrected chi connectivity index (χ2v) is 5.84. The van der Waals surface area contributed by atoms with Gasteiger partial charge in [0.2, 0.25) is 11.7 Å². The van der Waals surface area contributed by atoms with Crippen LogP contribution in [0.2, 0.25) is 0 Å². The minimum absolute atomic E-state index is 0.116. The molecule has 1 atom stereocenters. The molecule has 2 heterocycles. The first-order chi connectivity index (χ1) is 10.1. The maximum atomic E-state index is 11.0. The quantitative estimate of drug-likeness (QED) is 0.717. The van der Waals surface area contributed by atoms with E-state index in [1.807, 2.05) is 38.1 Å². The van der Waals surface area contributed by atoms with Crippen LogP contribution in [0.15, 0.2) is 38.7 Å². The zero-order valence-corrected chi connectivity index (χ0v) is 12.3. The fourth-order valence-corrected chi connectivity index (χ4v) is 2.64. The van der Waals surface area contributed by atoms with Crippen molar-refractivity contribution in [3.05, 3.63) is 46.2 Å². The Morgan fingerprint density at radius 3 is 2.86 bits per heavy atom. The van der Waals surface area contributed by atoms with E-state index in [0.717, 1.165) is 11.1 Å². The Bertz CT molecular complexity index is 807. The van der Waals surface area contributed by atoms with Crippen LogP contribution < -0.4 is 5.69 Å². The fraction of sp³-hybridized carbons (Fsp3) is 0.231. The SMILES string of the molecule is Cc1ccccc1-c1noc(C(C)Sc2n[nH]c(=O)[nH]2)n1. The van der Waals surface area contributed by atoms with Gasteiger partial charge in [-0.2, -0.15) is 4.98 Å². The lowest BCUT2D eigenvalue weighted by Crippen LogP contribution is -2.00. The highest BCUT2D eigenvalue weighted by Gasteiger charge is 2.18. The van der Waals surface area contributed by atoms with Crippen LogP contribution in [0.4, 0.5) is 0 Å². The number of nitrogens with zero attached hydrogens (tertiary/aromatic N) is 3. The summed E-state index contributed by atoms with van der Waals surface area (Å²) in [4.78, 5) is 18.0. The van der Waals surface area contributed by atoms with E-state index < -0.39 is 0 Å². The number of nitrogens with one attached hydrogen (secondary N) is 2. The van der Waals surface area contributed by atoms with Gasteiger partial charge in [-0.05, 0) is 19.4 Å². The van der Waals surface area contributed by atoms with Crippen molar-refractivity contribution in [3.8, 4) is 11.4 Å². The van der Waals surface area contributed by atoms with Gasteiger partial charge in [0, 0.05) is 5.56 Å². The number of thioether (sulfide) groups is 1. The molecule has 0 spiro atoms. The predicted molar refractivity (Wildman–Crippen MR) is 78.0 cm³/mol. The number of H-pyrrole nitrogens is 2. The van der Waals surface area contributed by atoms with Gasteiger partial charge >= 0.3 is 5.69 Å². The summed E-state index contributed by atoms with van der Waals surface area (Å²) >= 11 is 1.34. The van der Waals surface area contributed by atoms with E-state index in [9.17, 15) is 4.79 Å². The summed E-state index contributed by atoms with van der Waals surface area (Å²) in [5, 5.41) is 10.5. The molecule has 3 aromatic rings. The molecule has 2 N–H and O–H groups in total. The van der Waals surface area contributed by atoms with Crippen molar-refractivity contribution in [1.29, 1.82) is 0 Å². The Morgan fingerprint density at radius 2 is 2.14 bits per heavy atom. The largest absolute Gasteiger partial charge is 0.341 e. The Hall–Kier alpha value is -2.35. The predicted octanol–water partition coefficient (Wildman–Crippen LogP) is 2.31. The average Bonchev–Trinajstić information content (AvgIpc) is 3.09. The lowest BCUT2D eigenvalue weighted by molar-refractivity contribution is 0.380. The van der Waals surface area contributed by atoms with Crippen LogP contribution in [0.25, 0.3) is 11.4 Å². The van der Waals surface area contributed by atoms with Crippen molar-refractivity contribution in [2.75, 3.05) is 0 Å². The highest BCUT2D eigenvalue weighted by atomic mass is 32.2. The summed E-state index contributed by atoms with van der Waals surface area (Å²) in [6.07, 6.45) is 0. The Kier molecular flexibility index (Phi) is 3.61. The molecule has 7 nitrogen and oxygen atoms in total.